The van der Waals surface area contributed by atoms with Crippen LogP contribution in [-0.2, 0) is 13.0 Å². The van der Waals surface area contributed by atoms with Crippen molar-refractivity contribution in [2.45, 2.75) is 26.8 Å². The highest BCUT2D eigenvalue weighted by molar-refractivity contribution is 14.0. The lowest BCUT2D eigenvalue weighted by molar-refractivity contribution is 0.406. The van der Waals surface area contributed by atoms with E-state index in [0.717, 1.165) is 47.2 Å². The summed E-state index contributed by atoms with van der Waals surface area (Å²) in [5, 5.41) is 10.9. The Bertz CT molecular complexity index is 955. The molecule has 160 valence electrons. The van der Waals surface area contributed by atoms with Gasteiger partial charge in [-0.25, -0.2) is 4.68 Å². The average Bonchev–Trinajstić information content (AvgIpc) is 3.27. The van der Waals surface area contributed by atoms with Crippen LogP contribution in [0.15, 0.2) is 53.9 Å². The van der Waals surface area contributed by atoms with Gasteiger partial charge in [-0.1, -0.05) is 12.1 Å². The Hall–Kier alpha value is -2.62. The normalized spacial score (nSPS) is 11.0. The Balaban J connectivity index is 0.00000320. The van der Waals surface area contributed by atoms with Gasteiger partial charge in [-0.05, 0) is 44.0 Å². The third kappa shape index (κ3) is 5.94. The highest BCUT2D eigenvalue weighted by Gasteiger charge is 2.10. The zero-order valence-electron chi connectivity index (χ0n) is 17.8. The number of ether oxygens (including phenoxy) is 1. The smallest absolute Gasteiger partial charge is 0.191 e. The molecule has 0 radical (unpaired) electrons. The van der Waals surface area contributed by atoms with Crippen LogP contribution >= 0.6 is 24.0 Å². The first-order valence-electron chi connectivity index (χ1n) is 9.65. The second kappa shape index (κ2) is 11.5. The molecule has 0 fully saturated rings. The maximum atomic E-state index is 5.48. The van der Waals surface area contributed by atoms with E-state index >= 15 is 0 Å². The molecule has 3 rings (SSSR count). The minimum Gasteiger partial charge on any atom is -0.496 e. The molecule has 7 nitrogen and oxygen atoms in total. The van der Waals surface area contributed by atoms with Crippen LogP contribution in [0.2, 0.25) is 0 Å². The summed E-state index contributed by atoms with van der Waals surface area (Å²) in [7, 11) is 3.46. The van der Waals surface area contributed by atoms with Gasteiger partial charge in [-0.15, -0.1) is 24.0 Å². The number of aryl methyl sites for hydroxylation is 1. The number of hydrogen-bond donors (Lipinski definition) is 2. The number of aliphatic imine (C=N–C) groups is 1. The lowest BCUT2D eigenvalue weighted by Crippen LogP contribution is -2.38. The van der Waals surface area contributed by atoms with Crippen molar-refractivity contribution >= 4 is 29.9 Å². The van der Waals surface area contributed by atoms with E-state index in [4.69, 9.17) is 4.74 Å². The number of benzene rings is 1. The summed E-state index contributed by atoms with van der Waals surface area (Å²) in [4.78, 5) is 8.81. The summed E-state index contributed by atoms with van der Waals surface area (Å²) < 4.78 is 7.33. The number of aromatic nitrogens is 3. The standard InChI is InChI=1S/C22H28N6O.HI/c1-16-14-25-20(17(2)21(16)29-4)15-26-22(23-3)24-12-10-18-6-8-19(9-7-18)28-13-5-11-27-28;/h5-9,11,13-14H,10,12,15H2,1-4H3,(H2,23,24,26);1H. The molecule has 0 amide bonds. The van der Waals surface area contributed by atoms with E-state index in [0.29, 0.717) is 6.54 Å². The van der Waals surface area contributed by atoms with Crippen LogP contribution in [0.25, 0.3) is 5.69 Å². The molecule has 0 spiro atoms. The number of halogens is 1. The zero-order chi connectivity index (χ0) is 20.6. The minimum absolute atomic E-state index is 0. The molecule has 8 heteroatoms. The Labute approximate surface area is 195 Å². The van der Waals surface area contributed by atoms with Gasteiger partial charge >= 0.3 is 0 Å². The number of nitrogens with one attached hydrogen (secondary N) is 2. The van der Waals surface area contributed by atoms with Gasteiger partial charge in [0.05, 0.1) is 25.0 Å². The predicted octanol–water partition coefficient (Wildman–Crippen LogP) is 3.42. The van der Waals surface area contributed by atoms with Gasteiger partial charge in [0.15, 0.2) is 5.96 Å². The van der Waals surface area contributed by atoms with Crippen molar-refractivity contribution < 1.29 is 4.74 Å². The van der Waals surface area contributed by atoms with Crippen LogP contribution in [0.3, 0.4) is 0 Å². The fraction of sp³-hybridized carbons (Fsp3) is 0.318. The van der Waals surface area contributed by atoms with Crippen LogP contribution in [-0.4, -0.2) is 41.4 Å². The predicted molar refractivity (Wildman–Crippen MR) is 131 cm³/mol. The molecule has 0 saturated carbocycles. The van der Waals surface area contributed by atoms with Gasteiger partial charge in [0.2, 0.25) is 0 Å². The molecule has 0 bridgehead atoms. The van der Waals surface area contributed by atoms with E-state index in [1.54, 1.807) is 20.4 Å². The molecule has 0 unspecified atom stereocenters. The second-order valence-electron chi connectivity index (χ2n) is 6.77. The topological polar surface area (TPSA) is 76.4 Å². The van der Waals surface area contributed by atoms with Crippen LogP contribution in [0.1, 0.15) is 22.4 Å². The lowest BCUT2D eigenvalue weighted by Gasteiger charge is -2.15. The van der Waals surface area contributed by atoms with E-state index in [1.807, 2.05) is 37.0 Å². The third-order valence-corrected chi connectivity index (χ3v) is 4.81. The quantitative estimate of drug-likeness (QED) is 0.284. The summed E-state index contributed by atoms with van der Waals surface area (Å²) in [6, 6.07) is 10.3. The molecule has 2 N–H and O–H groups in total. The first-order valence-corrected chi connectivity index (χ1v) is 9.65. The molecular weight excluding hydrogens is 491 g/mol. The Kier molecular flexibility index (Phi) is 9.10. The van der Waals surface area contributed by atoms with Crippen molar-refractivity contribution in [1.29, 1.82) is 0 Å². The molecule has 2 heterocycles. The fourth-order valence-corrected chi connectivity index (χ4v) is 3.20. The number of rotatable bonds is 7. The Morgan fingerprint density at radius 1 is 1.17 bits per heavy atom. The molecule has 0 aliphatic heterocycles. The number of guanidine groups is 1. The largest absolute Gasteiger partial charge is 0.496 e. The van der Waals surface area contributed by atoms with E-state index in [9.17, 15) is 0 Å². The molecule has 1 aromatic carbocycles. The van der Waals surface area contributed by atoms with Gasteiger partial charge in [0.1, 0.15) is 5.75 Å². The molecule has 30 heavy (non-hydrogen) atoms. The molecule has 0 aliphatic rings. The zero-order valence-corrected chi connectivity index (χ0v) is 20.2. The monoisotopic (exact) mass is 520 g/mol. The van der Waals surface area contributed by atoms with Crippen LogP contribution in [0.5, 0.6) is 5.75 Å². The van der Waals surface area contributed by atoms with Crippen LogP contribution in [0, 0.1) is 13.8 Å². The molecular formula is C22H29IN6O. The van der Waals surface area contributed by atoms with Crippen molar-refractivity contribution in [3.05, 3.63) is 71.3 Å². The summed E-state index contributed by atoms with van der Waals surface area (Å²) in [5.74, 6) is 1.64. The SMILES string of the molecule is CN=C(NCCc1ccc(-n2cccn2)cc1)NCc1ncc(C)c(OC)c1C.I. The molecule has 0 aliphatic carbocycles. The highest BCUT2D eigenvalue weighted by Crippen LogP contribution is 2.23. The van der Waals surface area contributed by atoms with Crippen molar-refractivity contribution in [2.24, 2.45) is 4.99 Å². The number of methoxy groups -OCH3 is 1. The van der Waals surface area contributed by atoms with Gasteiger partial charge < -0.3 is 15.4 Å². The van der Waals surface area contributed by atoms with Gasteiger partial charge in [-0.2, -0.15) is 5.10 Å². The summed E-state index contributed by atoms with van der Waals surface area (Å²) >= 11 is 0. The van der Waals surface area contributed by atoms with Crippen molar-refractivity contribution in [1.82, 2.24) is 25.4 Å². The van der Waals surface area contributed by atoms with Crippen molar-refractivity contribution in [2.75, 3.05) is 20.7 Å². The number of pyridine rings is 1. The lowest BCUT2D eigenvalue weighted by atomic mass is 10.1. The summed E-state index contributed by atoms with van der Waals surface area (Å²) in [5.41, 5.74) is 5.34. The summed E-state index contributed by atoms with van der Waals surface area (Å²) in [6.07, 6.45) is 6.45. The molecule has 0 saturated heterocycles. The second-order valence-corrected chi connectivity index (χ2v) is 6.77. The Morgan fingerprint density at radius 2 is 1.93 bits per heavy atom. The van der Waals surface area contributed by atoms with E-state index in [-0.39, 0.29) is 24.0 Å². The van der Waals surface area contributed by atoms with Crippen molar-refractivity contribution in [3.8, 4) is 11.4 Å². The van der Waals surface area contributed by atoms with E-state index in [1.165, 1.54) is 5.56 Å². The van der Waals surface area contributed by atoms with Crippen LogP contribution < -0.4 is 15.4 Å². The number of nitrogens with zero attached hydrogens (tertiary/aromatic N) is 4. The maximum Gasteiger partial charge on any atom is 0.191 e. The van der Waals surface area contributed by atoms with Gasteiger partial charge in [0, 0.05) is 43.3 Å². The number of hydrogen-bond acceptors (Lipinski definition) is 4. The van der Waals surface area contributed by atoms with Crippen molar-refractivity contribution in [3.63, 3.8) is 0 Å². The first-order chi connectivity index (χ1) is 14.1. The Morgan fingerprint density at radius 3 is 2.57 bits per heavy atom. The molecule has 2 aromatic heterocycles. The minimum atomic E-state index is 0. The van der Waals surface area contributed by atoms with Crippen LogP contribution in [0.4, 0.5) is 0 Å². The fourth-order valence-electron chi connectivity index (χ4n) is 3.20. The molecule has 0 atom stereocenters. The average molecular weight is 520 g/mol. The van der Waals surface area contributed by atoms with Gasteiger partial charge in [-0.3, -0.25) is 9.98 Å². The van der Waals surface area contributed by atoms with E-state index < -0.39 is 0 Å². The highest BCUT2D eigenvalue weighted by atomic mass is 127. The van der Waals surface area contributed by atoms with E-state index in [2.05, 4.69) is 50.0 Å². The van der Waals surface area contributed by atoms with Gasteiger partial charge in [0.25, 0.3) is 0 Å². The summed E-state index contributed by atoms with van der Waals surface area (Å²) in [6.45, 7) is 5.39. The third-order valence-electron chi connectivity index (χ3n) is 4.81. The maximum absolute atomic E-state index is 5.48. The first kappa shape index (κ1) is 23.7. The molecule has 3 aromatic rings.